The molecule has 1 aromatic rings. The van der Waals surface area contributed by atoms with Gasteiger partial charge in [0, 0.05) is 6.04 Å². The Hall–Kier alpha value is -1.65. The van der Waals surface area contributed by atoms with Gasteiger partial charge in [-0.2, -0.15) is 0 Å². The highest BCUT2D eigenvalue weighted by Gasteiger charge is 2.15. The molecule has 0 amide bonds. The number of rotatable bonds is 3. The van der Waals surface area contributed by atoms with Crippen LogP contribution in [0.1, 0.15) is 18.7 Å². The van der Waals surface area contributed by atoms with Crippen LogP contribution in [0.4, 0.5) is 0 Å². The van der Waals surface area contributed by atoms with E-state index in [-0.39, 0.29) is 10.3 Å². The molecule has 0 radical (unpaired) electrons. The van der Waals surface area contributed by atoms with E-state index in [2.05, 4.69) is 10.2 Å². The maximum atomic E-state index is 11.0. The Bertz CT molecular complexity index is 376. The second-order valence-electron chi connectivity index (χ2n) is 1.98. The summed E-state index contributed by atoms with van der Waals surface area (Å²) in [7, 11) is 0. The Morgan fingerprint density at radius 3 is 2.91 bits per heavy atom. The molecular formula is C6H7NO4. The fraction of sp³-hybridized carbons (Fsp3) is 0.167. The fourth-order valence-corrected chi connectivity index (χ4v) is 0.650. The fourth-order valence-electron chi connectivity index (χ4n) is 0.650. The zero-order valence-corrected chi connectivity index (χ0v) is 5.62. The largest absolute Gasteiger partial charge is 0.492 e. The molecule has 0 aromatic carbocycles. The summed E-state index contributed by atoms with van der Waals surface area (Å²) in [4.78, 5) is 11.0. The topological polar surface area (TPSA) is 82.7 Å². The molecule has 3 N–H and O–H groups in total. The molecule has 5 nitrogen and oxygen atoms in total. The van der Waals surface area contributed by atoms with Crippen LogP contribution in [0.5, 0.6) is 11.8 Å². The lowest BCUT2D eigenvalue weighted by atomic mass is 10.2. The van der Waals surface area contributed by atoms with Gasteiger partial charge in [-0.3, -0.25) is 4.79 Å². The van der Waals surface area contributed by atoms with Crippen LogP contribution >= 0.6 is 0 Å². The average molecular weight is 160 g/mol. The molecule has 11 heavy (non-hydrogen) atoms. The molecule has 0 spiro atoms. The molecule has 1 aromatic heterocycles. The van der Waals surface area contributed by atoms with Crippen molar-refractivity contribution in [1.29, 1.82) is 2.86 Å². The standard InChI is InChI=1S/C6H7NO4/c1-3(8)4-2-5(9)7(11)6(4)10/h2,9-11H,1H3/i2D/hD2. The van der Waals surface area contributed by atoms with Crippen LogP contribution in [0.3, 0.4) is 0 Å². The Morgan fingerprint density at radius 2 is 2.55 bits per heavy atom. The van der Waals surface area contributed by atoms with Crippen molar-refractivity contribution < 1.29 is 21.6 Å². The highest BCUT2D eigenvalue weighted by molar-refractivity contribution is 5.96. The van der Waals surface area contributed by atoms with Gasteiger partial charge in [-0.15, -0.1) is 4.73 Å². The van der Waals surface area contributed by atoms with Crippen molar-refractivity contribution in [3.05, 3.63) is 11.6 Å². The van der Waals surface area contributed by atoms with Crippen LogP contribution in [0, 0.1) is 0 Å². The minimum Gasteiger partial charge on any atom is -0.492 e. The third kappa shape index (κ3) is 1.000. The number of carbonyl (C=O) groups is 1. The van der Waals surface area contributed by atoms with Gasteiger partial charge in [0.05, 0.1) is 6.93 Å². The Morgan fingerprint density at radius 1 is 1.82 bits per heavy atom. The number of aromatic hydroxyl groups is 2. The first-order valence-corrected chi connectivity index (χ1v) is 2.76. The second kappa shape index (κ2) is 2.19. The number of hydrogen-bond acceptors (Lipinski definition) is 4. The van der Waals surface area contributed by atoms with Crippen LogP contribution in [-0.2, 0) is 0 Å². The van der Waals surface area contributed by atoms with Crippen LogP contribution in [0.15, 0.2) is 6.04 Å². The monoisotopic (exact) mass is 160 g/mol. The molecule has 0 saturated carbocycles. The van der Waals surface area contributed by atoms with Crippen molar-refractivity contribution in [2.75, 3.05) is 0 Å². The second-order valence-corrected chi connectivity index (χ2v) is 1.98. The molecule has 1 rings (SSSR count). The summed E-state index contributed by atoms with van der Waals surface area (Å²) < 4.78 is 20.6. The van der Waals surface area contributed by atoms with E-state index in [0.29, 0.717) is 0 Å². The number of hydrogen-bond donors (Lipinski definition) is 3. The molecule has 5 heteroatoms. The van der Waals surface area contributed by atoms with Crippen LogP contribution in [0.25, 0.3) is 0 Å². The van der Waals surface area contributed by atoms with Crippen LogP contribution in [0.2, 0.25) is 0 Å². The lowest BCUT2D eigenvalue weighted by Crippen LogP contribution is -1.92. The minimum atomic E-state index is -0.572. The number of Topliss-reactive ketones (excluding diaryl/α,β-unsaturated/α-hetero) is 1. The summed E-state index contributed by atoms with van der Waals surface area (Å²) in [6, 6.07) is -0.489. The molecule has 0 bridgehead atoms. The van der Waals surface area contributed by atoms with E-state index in [4.69, 9.17) is 4.23 Å². The van der Waals surface area contributed by atoms with Crippen molar-refractivity contribution in [2.24, 2.45) is 0 Å². The quantitative estimate of drug-likeness (QED) is 0.439. The van der Waals surface area contributed by atoms with Gasteiger partial charge in [0.1, 0.15) is 0 Å². The maximum absolute atomic E-state index is 11.0. The molecule has 0 aliphatic carbocycles. The predicted octanol–water partition coefficient (Wildman–Crippen LogP) is 0.339. The zero-order valence-electron chi connectivity index (χ0n) is 8.62. The van der Waals surface area contributed by atoms with E-state index >= 15 is 0 Å². The lowest BCUT2D eigenvalue weighted by molar-refractivity contribution is 0.1000. The van der Waals surface area contributed by atoms with Crippen molar-refractivity contribution >= 4 is 5.78 Å². The molecule has 60 valence electrons. The average Bonchev–Trinajstić information content (AvgIpc) is 2.37. The molecule has 0 saturated heterocycles. The van der Waals surface area contributed by atoms with E-state index in [9.17, 15) is 10.0 Å². The lowest BCUT2D eigenvalue weighted by Gasteiger charge is -1.93. The normalized spacial score (nSPS) is 13.0. The van der Waals surface area contributed by atoms with E-state index in [1.807, 2.05) is 0 Å². The summed E-state index contributed by atoms with van der Waals surface area (Å²) in [5.74, 6) is -1.68. The first-order valence-electron chi connectivity index (χ1n) is 4.08. The molecule has 0 unspecified atom stereocenters. The highest BCUT2D eigenvalue weighted by atomic mass is 16.5. The highest BCUT2D eigenvalue weighted by Crippen LogP contribution is 2.25. The van der Waals surface area contributed by atoms with Gasteiger partial charge < -0.3 is 15.4 Å². The number of carbonyl (C=O) groups excluding carboxylic acids is 1. The van der Waals surface area contributed by atoms with Gasteiger partial charge in [-0.25, -0.2) is 0 Å². The van der Waals surface area contributed by atoms with Crippen molar-refractivity contribution in [3.63, 3.8) is 0 Å². The summed E-state index contributed by atoms with van der Waals surface area (Å²) in [5.41, 5.74) is -0.301. The number of aromatic nitrogens is 1. The third-order valence-corrected chi connectivity index (χ3v) is 1.18. The van der Waals surface area contributed by atoms with Gasteiger partial charge in [0.25, 0.3) is 2.86 Å². The minimum absolute atomic E-state index is 0.166. The van der Waals surface area contributed by atoms with Gasteiger partial charge >= 0.3 is 0 Å². The predicted molar refractivity (Wildman–Crippen MR) is 35.0 cm³/mol. The number of nitrogens with zero attached hydrogens (tertiary/aromatic N) is 1. The van der Waals surface area contributed by atoms with E-state index in [1.54, 1.807) is 0 Å². The van der Waals surface area contributed by atoms with E-state index < -0.39 is 23.6 Å². The summed E-state index contributed by atoms with van der Waals surface area (Å²) in [5, 5.41) is 17.1. The third-order valence-electron chi connectivity index (χ3n) is 1.18. The first kappa shape index (κ1) is 4.27. The summed E-state index contributed by atoms with van der Waals surface area (Å²) in [6.07, 6.45) is 0. The van der Waals surface area contributed by atoms with Crippen molar-refractivity contribution in [1.82, 2.24) is 4.73 Å². The summed E-state index contributed by atoms with van der Waals surface area (Å²) >= 11 is 0. The van der Waals surface area contributed by atoms with E-state index in [1.165, 1.54) is 0 Å². The van der Waals surface area contributed by atoms with Gasteiger partial charge in [0.2, 0.25) is 11.8 Å². The smallest absolute Gasteiger partial charge is 0.295 e. The molecule has 0 aliphatic heterocycles. The molecular weight excluding hydrogens is 150 g/mol. The van der Waals surface area contributed by atoms with Crippen molar-refractivity contribution in [2.45, 2.75) is 6.92 Å². The SMILES string of the molecule is [2H]Oc1c([2H])c(C(C)=O)c(O[2H])n1O. The Kier molecular flexibility index (Phi) is 0.851. The molecule has 0 fully saturated rings. The molecule has 0 aliphatic rings. The summed E-state index contributed by atoms with van der Waals surface area (Å²) in [6.45, 7) is 1.14. The van der Waals surface area contributed by atoms with Crippen LogP contribution < -0.4 is 0 Å². The van der Waals surface area contributed by atoms with Gasteiger partial charge in [-0.05, 0) is 6.92 Å². The maximum Gasteiger partial charge on any atom is 0.295 e. The first-order chi connectivity index (χ1) is 6.54. The van der Waals surface area contributed by atoms with E-state index in [0.717, 1.165) is 6.92 Å². The van der Waals surface area contributed by atoms with Crippen molar-refractivity contribution in [3.8, 4) is 11.8 Å². The van der Waals surface area contributed by atoms with Crippen LogP contribution in [-0.4, -0.2) is 28.8 Å². The van der Waals surface area contributed by atoms with Gasteiger partial charge in [0.15, 0.2) is 5.78 Å². The Labute approximate surface area is 66.5 Å². The number of ketones is 1. The zero-order chi connectivity index (χ0) is 10.9. The Balaban J connectivity index is 3.47. The van der Waals surface area contributed by atoms with Gasteiger partial charge in [-0.1, -0.05) is 0 Å². The molecule has 1 heterocycles. The molecule has 0 atom stereocenters.